The van der Waals surface area contributed by atoms with Crippen LogP contribution < -0.4 is 10.0 Å². The molecule has 1 aromatic rings. The number of hydrogen-bond acceptors (Lipinski definition) is 6. The second-order valence-corrected chi connectivity index (χ2v) is 8.56. The molecule has 0 aliphatic carbocycles. The first-order valence-electron chi connectivity index (χ1n) is 8.11. The largest absolute Gasteiger partial charge is 0.452 e. The molecule has 0 fully saturated rings. The van der Waals surface area contributed by atoms with E-state index in [1.807, 2.05) is 0 Å². The number of esters is 1. The fraction of sp³-hybridized carbons (Fsp3) is 0.471. The summed E-state index contributed by atoms with van der Waals surface area (Å²) in [5.41, 5.74) is -0.689. The van der Waals surface area contributed by atoms with E-state index in [1.54, 1.807) is 20.8 Å². The Bertz CT molecular complexity index is 814. The average molecular weight is 399 g/mol. The average Bonchev–Trinajstić information content (AvgIpc) is 2.57. The highest BCUT2D eigenvalue weighted by Crippen LogP contribution is 2.15. The van der Waals surface area contributed by atoms with E-state index in [0.29, 0.717) is 0 Å². The minimum Gasteiger partial charge on any atom is -0.452 e. The summed E-state index contributed by atoms with van der Waals surface area (Å²) in [5, 5.41) is 2.37. The van der Waals surface area contributed by atoms with Crippen LogP contribution in [0.2, 0.25) is 0 Å². The van der Waals surface area contributed by atoms with Crippen LogP contribution in [0, 0.1) is 0 Å². The summed E-state index contributed by atoms with van der Waals surface area (Å²) in [4.78, 5) is 36.3. The van der Waals surface area contributed by atoms with Crippen molar-refractivity contribution in [2.24, 2.45) is 0 Å². The van der Waals surface area contributed by atoms with Gasteiger partial charge in [-0.3, -0.25) is 9.59 Å². The molecule has 0 atom stereocenters. The highest BCUT2D eigenvalue weighted by atomic mass is 32.2. The fourth-order valence-corrected chi connectivity index (χ4v) is 3.42. The van der Waals surface area contributed by atoms with E-state index < -0.39 is 34.0 Å². The standard InChI is InChI=1S/C17H25N3O6S/c1-17(2,3)19-27(24,25)13-8-6-7-12(9-13)16(23)26-11-15(22)20(5)10-14(21)18-4/h6-9,19H,10-11H2,1-5H3,(H,18,21). The smallest absolute Gasteiger partial charge is 0.338 e. The molecule has 0 radical (unpaired) electrons. The molecule has 0 spiro atoms. The quantitative estimate of drug-likeness (QED) is 0.628. The molecule has 1 rings (SSSR count). The number of carbonyl (C=O) groups excluding carboxylic acids is 3. The van der Waals surface area contributed by atoms with Gasteiger partial charge < -0.3 is 15.0 Å². The minimum atomic E-state index is -3.81. The first kappa shape index (κ1) is 22.6. The zero-order valence-corrected chi connectivity index (χ0v) is 16.8. The van der Waals surface area contributed by atoms with Crippen molar-refractivity contribution in [2.75, 3.05) is 27.2 Å². The van der Waals surface area contributed by atoms with E-state index in [0.717, 1.165) is 4.90 Å². The van der Waals surface area contributed by atoms with Crippen molar-refractivity contribution in [3.05, 3.63) is 29.8 Å². The van der Waals surface area contributed by atoms with Gasteiger partial charge in [0.15, 0.2) is 6.61 Å². The van der Waals surface area contributed by atoms with Crippen LogP contribution in [0.25, 0.3) is 0 Å². The lowest BCUT2D eigenvalue weighted by atomic mass is 10.1. The molecule has 9 nitrogen and oxygen atoms in total. The summed E-state index contributed by atoms with van der Waals surface area (Å²) in [7, 11) is -0.972. The van der Waals surface area contributed by atoms with E-state index in [2.05, 4.69) is 10.0 Å². The van der Waals surface area contributed by atoms with Gasteiger partial charge in [-0.2, -0.15) is 0 Å². The zero-order chi connectivity index (χ0) is 20.8. The molecular formula is C17H25N3O6S. The third kappa shape index (κ3) is 7.35. The highest BCUT2D eigenvalue weighted by Gasteiger charge is 2.23. The predicted octanol–water partition coefficient (Wildman–Crippen LogP) is 0.125. The molecule has 0 bridgehead atoms. The molecule has 27 heavy (non-hydrogen) atoms. The number of hydrogen-bond donors (Lipinski definition) is 2. The molecule has 10 heteroatoms. The van der Waals surface area contributed by atoms with Gasteiger partial charge in [-0.1, -0.05) is 6.07 Å². The van der Waals surface area contributed by atoms with Gasteiger partial charge in [0.1, 0.15) is 0 Å². The third-order valence-corrected chi connectivity index (χ3v) is 4.99. The van der Waals surface area contributed by atoms with Gasteiger partial charge in [-0.05, 0) is 39.0 Å². The molecule has 0 unspecified atom stereocenters. The van der Waals surface area contributed by atoms with Crippen LogP contribution >= 0.6 is 0 Å². The van der Waals surface area contributed by atoms with Crippen molar-refractivity contribution in [3.8, 4) is 0 Å². The van der Waals surface area contributed by atoms with Gasteiger partial charge in [0.05, 0.1) is 17.0 Å². The molecule has 0 aromatic heterocycles. The number of carbonyl (C=O) groups is 3. The van der Waals surface area contributed by atoms with Crippen LogP contribution in [-0.4, -0.2) is 63.9 Å². The Labute approximate surface area is 159 Å². The fourth-order valence-electron chi connectivity index (χ4n) is 1.96. The number of nitrogens with one attached hydrogen (secondary N) is 2. The normalized spacial score (nSPS) is 11.6. The van der Waals surface area contributed by atoms with E-state index in [9.17, 15) is 22.8 Å². The molecule has 2 amide bonds. The first-order valence-corrected chi connectivity index (χ1v) is 9.60. The molecule has 0 aliphatic heterocycles. The Balaban J connectivity index is 2.80. The first-order chi connectivity index (χ1) is 12.4. The second-order valence-electron chi connectivity index (χ2n) is 6.88. The Hall–Kier alpha value is -2.46. The van der Waals surface area contributed by atoms with Crippen molar-refractivity contribution >= 4 is 27.8 Å². The Kier molecular flexibility index (Phi) is 7.49. The number of nitrogens with zero attached hydrogens (tertiary/aromatic N) is 1. The molecule has 2 N–H and O–H groups in total. The van der Waals surface area contributed by atoms with Crippen LogP contribution in [0.4, 0.5) is 0 Å². The Morgan fingerprint density at radius 1 is 1.19 bits per heavy atom. The monoisotopic (exact) mass is 399 g/mol. The van der Waals surface area contributed by atoms with E-state index in [-0.39, 0.29) is 22.9 Å². The van der Waals surface area contributed by atoms with E-state index in [4.69, 9.17) is 4.74 Å². The van der Waals surface area contributed by atoms with Crippen LogP contribution in [-0.2, 0) is 24.3 Å². The molecule has 1 aromatic carbocycles. The number of likely N-dealkylation sites (N-methyl/N-ethyl adjacent to an activating group) is 2. The molecule has 150 valence electrons. The van der Waals surface area contributed by atoms with Gasteiger partial charge in [0.25, 0.3) is 5.91 Å². The summed E-state index contributed by atoms with van der Waals surface area (Å²) in [5.74, 6) is -1.77. The van der Waals surface area contributed by atoms with Crippen molar-refractivity contribution in [2.45, 2.75) is 31.2 Å². The summed E-state index contributed by atoms with van der Waals surface area (Å²) in [6.45, 7) is 4.36. The minimum absolute atomic E-state index is 0.00598. The summed E-state index contributed by atoms with van der Waals surface area (Å²) in [6.07, 6.45) is 0. The molecule has 0 heterocycles. The summed E-state index contributed by atoms with van der Waals surface area (Å²) < 4.78 is 32.1. The lowest BCUT2D eigenvalue weighted by molar-refractivity contribution is -0.137. The summed E-state index contributed by atoms with van der Waals surface area (Å²) >= 11 is 0. The number of ether oxygens (including phenoxy) is 1. The van der Waals surface area contributed by atoms with Gasteiger partial charge in [-0.15, -0.1) is 0 Å². The maximum atomic E-state index is 12.3. The zero-order valence-electron chi connectivity index (χ0n) is 16.0. The van der Waals surface area contributed by atoms with Crippen LogP contribution in [0.1, 0.15) is 31.1 Å². The van der Waals surface area contributed by atoms with E-state index >= 15 is 0 Å². The van der Waals surface area contributed by atoms with Crippen molar-refractivity contribution in [3.63, 3.8) is 0 Å². The Morgan fingerprint density at radius 3 is 2.37 bits per heavy atom. The number of sulfonamides is 1. The number of amides is 2. The van der Waals surface area contributed by atoms with Crippen LogP contribution in [0.15, 0.2) is 29.2 Å². The molecule has 0 saturated heterocycles. The van der Waals surface area contributed by atoms with Gasteiger partial charge in [0.2, 0.25) is 15.9 Å². The molecule has 0 saturated carbocycles. The van der Waals surface area contributed by atoms with Gasteiger partial charge >= 0.3 is 5.97 Å². The Morgan fingerprint density at radius 2 is 1.81 bits per heavy atom. The van der Waals surface area contributed by atoms with Crippen molar-refractivity contribution in [1.82, 2.24) is 14.9 Å². The second kappa shape index (κ2) is 8.96. The SMILES string of the molecule is CNC(=O)CN(C)C(=O)COC(=O)c1cccc(S(=O)(=O)NC(C)(C)C)c1. The van der Waals surface area contributed by atoms with Gasteiger partial charge in [0, 0.05) is 19.6 Å². The van der Waals surface area contributed by atoms with E-state index in [1.165, 1.54) is 38.4 Å². The third-order valence-electron chi connectivity index (χ3n) is 3.23. The van der Waals surface area contributed by atoms with Crippen molar-refractivity contribution in [1.29, 1.82) is 0 Å². The molecule has 0 aliphatic rings. The highest BCUT2D eigenvalue weighted by molar-refractivity contribution is 7.89. The maximum absolute atomic E-state index is 12.3. The number of benzene rings is 1. The van der Waals surface area contributed by atoms with Crippen molar-refractivity contribution < 1.29 is 27.5 Å². The van der Waals surface area contributed by atoms with Crippen LogP contribution in [0.5, 0.6) is 0 Å². The number of rotatable bonds is 7. The predicted molar refractivity (Wildman–Crippen MR) is 98.5 cm³/mol. The maximum Gasteiger partial charge on any atom is 0.338 e. The van der Waals surface area contributed by atoms with Crippen LogP contribution in [0.3, 0.4) is 0 Å². The van der Waals surface area contributed by atoms with Gasteiger partial charge in [-0.25, -0.2) is 17.9 Å². The summed E-state index contributed by atoms with van der Waals surface area (Å²) in [6, 6.07) is 5.33. The topological polar surface area (TPSA) is 122 Å². The molecular weight excluding hydrogens is 374 g/mol. The lowest BCUT2D eigenvalue weighted by Crippen LogP contribution is -2.40. The lowest BCUT2D eigenvalue weighted by Gasteiger charge is -2.20.